The van der Waals surface area contributed by atoms with Crippen LogP contribution in [-0.4, -0.2) is 73.7 Å². The molecule has 0 N–H and O–H groups in total. The van der Waals surface area contributed by atoms with Crippen LogP contribution in [0.4, 0.5) is 0 Å². The first kappa shape index (κ1) is 20.2. The summed E-state index contributed by atoms with van der Waals surface area (Å²) in [7, 11) is 0. The van der Waals surface area contributed by atoms with E-state index in [0.29, 0.717) is 6.10 Å². The lowest BCUT2D eigenvalue weighted by molar-refractivity contribution is 0.117. The summed E-state index contributed by atoms with van der Waals surface area (Å²) in [5.41, 5.74) is 0. The molecule has 1 aliphatic heterocycles. The van der Waals surface area contributed by atoms with Crippen molar-refractivity contribution in [1.82, 2.24) is 0 Å². The Morgan fingerprint density at radius 3 is 1.78 bits per heavy atom. The van der Waals surface area contributed by atoms with Gasteiger partial charge in [0.15, 0.2) is 0 Å². The number of hydrogen-bond donors (Lipinski definition) is 0. The summed E-state index contributed by atoms with van der Waals surface area (Å²) in [4.78, 5) is 0. The lowest BCUT2D eigenvalue weighted by Crippen LogP contribution is -2.03. The highest BCUT2D eigenvalue weighted by Crippen LogP contribution is 2.28. The van der Waals surface area contributed by atoms with Gasteiger partial charge in [-0.3, -0.25) is 0 Å². The van der Waals surface area contributed by atoms with Gasteiger partial charge < -0.3 is 14.2 Å². The van der Waals surface area contributed by atoms with Crippen LogP contribution in [0.2, 0.25) is 0 Å². The van der Waals surface area contributed by atoms with Crippen molar-refractivity contribution in [2.75, 3.05) is 67.6 Å². The van der Waals surface area contributed by atoms with Crippen LogP contribution in [0.15, 0.2) is 0 Å². The van der Waals surface area contributed by atoms with E-state index in [2.05, 4.69) is 35.3 Å². The maximum Gasteiger partial charge on any atom is 0.104 e. The van der Waals surface area contributed by atoms with Gasteiger partial charge in [0.1, 0.15) is 6.10 Å². The quantitative estimate of drug-likeness (QED) is 0.265. The molecule has 0 aromatic rings. The average molecular weight is 381 g/mol. The molecular weight excluding hydrogens is 348 g/mol. The van der Waals surface area contributed by atoms with Gasteiger partial charge in [0.25, 0.3) is 0 Å². The van der Waals surface area contributed by atoms with E-state index < -0.39 is 0 Å². The van der Waals surface area contributed by atoms with E-state index in [1.807, 2.05) is 0 Å². The Bertz CT molecular complexity index is 248. The van der Waals surface area contributed by atoms with Crippen LogP contribution >= 0.6 is 35.3 Å². The van der Waals surface area contributed by atoms with E-state index in [9.17, 15) is 0 Å². The Hall–Kier alpha value is 0.930. The van der Waals surface area contributed by atoms with Crippen molar-refractivity contribution in [1.29, 1.82) is 0 Å². The van der Waals surface area contributed by atoms with Crippen LogP contribution in [0.5, 0.6) is 0 Å². The Kier molecular flexibility index (Phi) is 12.4. The minimum absolute atomic E-state index is 0.409. The SMILES string of the molecule is C(COCC1CC1)CSCCSCCSCCCOCC1CO1. The Balaban J connectivity index is 1.15. The summed E-state index contributed by atoms with van der Waals surface area (Å²) >= 11 is 6.23. The molecule has 136 valence electrons. The minimum Gasteiger partial charge on any atom is -0.381 e. The van der Waals surface area contributed by atoms with Gasteiger partial charge in [-0.15, -0.1) is 0 Å². The van der Waals surface area contributed by atoms with Gasteiger partial charge in [-0.1, -0.05) is 0 Å². The molecular formula is C17H32O3S3. The van der Waals surface area contributed by atoms with Gasteiger partial charge >= 0.3 is 0 Å². The predicted octanol–water partition coefficient (Wildman–Crippen LogP) is 3.81. The smallest absolute Gasteiger partial charge is 0.104 e. The molecule has 0 amide bonds. The molecule has 1 saturated heterocycles. The number of ether oxygens (including phenoxy) is 3. The van der Waals surface area contributed by atoms with Crippen LogP contribution in [-0.2, 0) is 14.2 Å². The normalized spacial score (nSPS) is 20.1. The first-order valence-corrected chi connectivity index (χ1v) is 12.4. The second kappa shape index (κ2) is 14.1. The molecule has 2 aliphatic rings. The highest BCUT2D eigenvalue weighted by Gasteiger charge is 2.22. The van der Waals surface area contributed by atoms with Crippen molar-refractivity contribution in [3.05, 3.63) is 0 Å². The van der Waals surface area contributed by atoms with E-state index in [4.69, 9.17) is 14.2 Å². The number of rotatable bonds is 18. The Morgan fingerprint density at radius 2 is 1.26 bits per heavy atom. The molecule has 2 fully saturated rings. The highest BCUT2D eigenvalue weighted by atomic mass is 32.2. The van der Waals surface area contributed by atoms with Crippen molar-refractivity contribution in [3.63, 3.8) is 0 Å². The van der Waals surface area contributed by atoms with Crippen molar-refractivity contribution in [3.8, 4) is 0 Å². The second-order valence-electron chi connectivity index (χ2n) is 6.09. The van der Waals surface area contributed by atoms with Crippen LogP contribution in [0, 0.1) is 5.92 Å². The molecule has 23 heavy (non-hydrogen) atoms. The third-order valence-electron chi connectivity index (χ3n) is 3.66. The summed E-state index contributed by atoms with van der Waals surface area (Å²) in [5, 5.41) is 0. The molecule has 1 saturated carbocycles. The third kappa shape index (κ3) is 13.9. The molecule has 0 spiro atoms. The topological polar surface area (TPSA) is 31.0 Å². The van der Waals surface area contributed by atoms with Gasteiger partial charge in [-0.25, -0.2) is 0 Å². The molecule has 6 heteroatoms. The molecule has 0 radical (unpaired) electrons. The maximum absolute atomic E-state index is 5.64. The summed E-state index contributed by atoms with van der Waals surface area (Å²) < 4.78 is 16.3. The van der Waals surface area contributed by atoms with E-state index in [-0.39, 0.29) is 0 Å². The first-order valence-electron chi connectivity index (χ1n) is 8.95. The van der Waals surface area contributed by atoms with Crippen LogP contribution in [0.25, 0.3) is 0 Å². The lowest BCUT2D eigenvalue weighted by Gasteiger charge is -2.04. The third-order valence-corrected chi connectivity index (χ3v) is 7.30. The summed E-state index contributed by atoms with van der Waals surface area (Å²) in [6.45, 7) is 4.56. The van der Waals surface area contributed by atoms with Gasteiger partial charge in [0, 0.05) is 42.8 Å². The summed E-state index contributed by atoms with van der Waals surface area (Å²) in [5.74, 6) is 8.52. The lowest BCUT2D eigenvalue weighted by atomic mass is 10.4. The van der Waals surface area contributed by atoms with Crippen LogP contribution in [0.1, 0.15) is 25.7 Å². The zero-order valence-corrected chi connectivity index (χ0v) is 16.7. The predicted molar refractivity (Wildman–Crippen MR) is 105 cm³/mol. The number of thioether (sulfide) groups is 3. The molecule has 3 nitrogen and oxygen atoms in total. The van der Waals surface area contributed by atoms with Crippen LogP contribution < -0.4 is 0 Å². The van der Waals surface area contributed by atoms with E-state index in [1.165, 1.54) is 60.2 Å². The highest BCUT2D eigenvalue weighted by molar-refractivity contribution is 8.04. The molecule has 0 bridgehead atoms. The first-order chi connectivity index (χ1) is 11.4. The molecule has 1 aliphatic carbocycles. The number of epoxide rings is 1. The van der Waals surface area contributed by atoms with Gasteiger partial charge in [0.05, 0.1) is 13.2 Å². The minimum atomic E-state index is 0.409. The molecule has 2 rings (SSSR count). The Morgan fingerprint density at radius 1 is 0.739 bits per heavy atom. The molecule has 0 aromatic heterocycles. The van der Waals surface area contributed by atoms with Gasteiger partial charge in [-0.05, 0) is 43.1 Å². The van der Waals surface area contributed by atoms with Crippen molar-refractivity contribution in [2.45, 2.75) is 31.8 Å². The fourth-order valence-corrected chi connectivity index (χ4v) is 5.12. The Labute approximate surface area is 154 Å². The molecule has 1 atom stereocenters. The summed E-state index contributed by atoms with van der Waals surface area (Å²) in [6.07, 6.45) is 5.59. The largest absolute Gasteiger partial charge is 0.381 e. The zero-order chi connectivity index (χ0) is 16.0. The van der Waals surface area contributed by atoms with E-state index >= 15 is 0 Å². The number of hydrogen-bond acceptors (Lipinski definition) is 6. The molecule has 1 heterocycles. The summed E-state index contributed by atoms with van der Waals surface area (Å²) in [6, 6.07) is 0. The van der Waals surface area contributed by atoms with Crippen molar-refractivity contribution >= 4 is 35.3 Å². The van der Waals surface area contributed by atoms with Crippen molar-refractivity contribution < 1.29 is 14.2 Å². The monoisotopic (exact) mass is 380 g/mol. The van der Waals surface area contributed by atoms with Crippen LogP contribution in [0.3, 0.4) is 0 Å². The fourth-order valence-electron chi connectivity index (χ4n) is 1.98. The average Bonchev–Trinajstić information content (AvgIpc) is 3.45. The van der Waals surface area contributed by atoms with E-state index in [1.54, 1.807) is 0 Å². The van der Waals surface area contributed by atoms with Gasteiger partial charge in [-0.2, -0.15) is 35.3 Å². The maximum atomic E-state index is 5.64. The molecule has 1 unspecified atom stereocenters. The van der Waals surface area contributed by atoms with Gasteiger partial charge in [0.2, 0.25) is 0 Å². The molecule has 0 aromatic carbocycles. The standard InChI is InChI=1S/C17H32O3S3/c1(5-18-13-16-3-4-16)7-21-9-11-23-12-10-22-8-2-6-19-14-17-15-20-17/h16-17H,1-15H2. The second-order valence-corrected chi connectivity index (χ2v) is 9.77. The fraction of sp³-hybridized carbons (Fsp3) is 1.00. The van der Waals surface area contributed by atoms with E-state index in [0.717, 1.165) is 39.0 Å². The zero-order valence-electron chi connectivity index (χ0n) is 14.2. The van der Waals surface area contributed by atoms with Crippen molar-refractivity contribution in [2.24, 2.45) is 5.92 Å².